The molecule has 1 fully saturated rings. The van der Waals surface area contributed by atoms with Crippen LogP contribution in [0, 0.1) is 5.92 Å². The van der Waals surface area contributed by atoms with E-state index in [9.17, 15) is 4.79 Å². The molecule has 0 amide bonds. The Morgan fingerprint density at radius 2 is 1.93 bits per heavy atom. The highest BCUT2D eigenvalue weighted by Crippen LogP contribution is 2.24. The van der Waals surface area contributed by atoms with Crippen LogP contribution in [-0.4, -0.2) is 25.9 Å². The molecule has 0 aliphatic heterocycles. The summed E-state index contributed by atoms with van der Waals surface area (Å²) in [6, 6.07) is 0. The zero-order chi connectivity index (χ0) is 10.8. The molecule has 2 N–H and O–H groups in total. The largest absolute Gasteiger partial charge is 0.469 e. The Morgan fingerprint density at radius 3 is 2.29 bits per heavy atom. The highest BCUT2D eigenvalue weighted by molar-refractivity contribution is 5.72. The first-order valence-electron chi connectivity index (χ1n) is 4.97. The number of rotatable bonds is 2. The number of carbonyl (C=O) groups excluding carboxylic acids is 2. The van der Waals surface area contributed by atoms with Crippen LogP contribution in [0.15, 0.2) is 0 Å². The lowest BCUT2D eigenvalue weighted by atomic mass is 9.89. The van der Waals surface area contributed by atoms with Gasteiger partial charge in [-0.1, -0.05) is 19.3 Å². The van der Waals surface area contributed by atoms with Crippen LogP contribution in [0.1, 0.15) is 32.1 Å². The third kappa shape index (κ3) is 5.70. The molecule has 4 nitrogen and oxygen atoms in total. The molecule has 14 heavy (non-hydrogen) atoms. The summed E-state index contributed by atoms with van der Waals surface area (Å²) in [5, 5.41) is 0. The van der Waals surface area contributed by atoms with E-state index in [1.54, 1.807) is 0 Å². The highest BCUT2D eigenvalue weighted by atomic mass is 16.5. The first-order chi connectivity index (χ1) is 6.76. The number of esters is 1. The first-order valence-corrected chi connectivity index (χ1v) is 4.97. The summed E-state index contributed by atoms with van der Waals surface area (Å²) in [4.78, 5) is 20.0. The van der Waals surface area contributed by atoms with Crippen molar-refractivity contribution in [1.82, 2.24) is 0 Å². The van der Waals surface area contributed by atoms with Crippen molar-refractivity contribution < 1.29 is 14.3 Å². The molecular weight excluding hydrogens is 182 g/mol. The minimum Gasteiger partial charge on any atom is -0.469 e. The van der Waals surface area contributed by atoms with Crippen molar-refractivity contribution in [2.75, 3.05) is 13.7 Å². The van der Waals surface area contributed by atoms with Crippen molar-refractivity contribution >= 4 is 12.3 Å². The van der Waals surface area contributed by atoms with Crippen molar-refractivity contribution in [3.8, 4) is 0 Å². The van der Waals surface area contributed by atoms with Gasteiger partial charge >= 0.3 is 5.97 Å². The molecule has 0 spiro atoms. The Balaban J connectivity index is 0.000000364. The standard InChI is InChI=1S/C8H14O2.C2H5NO/c1-10-8(9)7-5-3-2-4-6-7;3-1-2-4/h7H,2-6H2,1H3;2H,1,3H2. The number of hydrogen-bond acceptors (Lipinski definition) is 4. The predicted molar refractivity (Wildman–Crippen MR) is 53.7 cm³/mol. The summed E-state index contributed by atoms with van der Waals surface area (Å²) in [5.74, 6) is 0.193. The lowest BCUT2D eigenvalue weighted by molar-refractivity contribution is -0.146. The van der Waals surface area contributed by atoms with E-state index >= 15 is 0 Å². The van der Waals surface area contributed by atoms with Gasteiger partial charge in [0.25, 0.3) is 0 Å². The molecule has 0 atom stereocenters. The fourth-order valence-electron chi connectivity index (χ4n) is 1.50. The number of aldehydes is 1. The third-order valence-electron chi connectivity index (χ3n) is 2.24. The van der Waals surface area contributed by atoms with Gasteiger partial charge in [0, 0.05) is 6.54 Å². The summed E-state index contributed by atoms with van der Waals surface area (Å²) in [5.41, 5.74) is 4.66. The minimum absolute atomic E-state index is 0.0142. The summed E-state index contributed by atoms with van der Waals surface area (Å²) in [6.45, 7) is 0.139. The maximum Gasteiger partial charge on any atom is 0.308 e. The molecule has 0 aromatic rings. The number of carbonyl (C=O) groups is 2. The van der Waals surface area contributed by atoms with E-state index < -0.39 is 0 Å². The topological polar surface area (TPSA) is 69.4 Å². The van der Waals surface area contributed by atoms with Gasteiger partial charge in [-0.15, -0.1) is 0 Å². The zero-order valence-corrected chi connectivity index (χ0v) is 8.70. The minimum atomic E-state index is -0.0142. The smallest absolute Gasteiger partial charge is 0.308 e. The van der Waals surface area contributed by atoms with Gasteiger partial charge < -0.3 is 15.3 Å². The van der Waals surface area contributed by atoms with Crippen LogP contribution in [-0.2, 0) is 14.3 Å². The summed E-state index contributed by atoms with van der Waals surface area (Å²) < 4.78 is 4.65. The van der Waals surface area contributed by atoms with E-state index in [1.165, 1.54) is 26.4 Å². The molecule has 0 unspecified atom stereocenters. The Kier molecular flexibility index (Phi) is 8.13. The van der Waals surface area contributed by atoms with Crippen molar-refractivity contribution in [2.24, 2.45) is 11.7 Å². The van der Waals surface area contributed by atoms with Gasteiger partial charge in [-0.3, -0.25) is 4.79 Å². The lowest BCUT2D eigenvalue weighted by Gasteiger charge is -2.18. The zero-order valence-electron chi connectivity index (χ0n) is 8.70. The van der Waals surface area contributed by atoms with Crippen LogP contribution in [0.4, 0.5) is 0 Å². The Morgan fingerprint density at radius 1 is 1.43 bits per heavy atom. The van der Waals surface area contributed by atoms with Gasteiger partial charge in [0.05, 0.1) is 13.0 Å². The molecule has 1 aliphatic carbocycles. The number of methoxy groups -OCH3 is 1. The van der Waals surface area contributed by atoms with E-state index in [2.05, 4.69) is 10.5 Å². The maximum atomic E-state index is 10.9. The fourth-order valence-corrected chi connectivity index (χ4v) is 1.50. The first kappa shape index (κ1) is 13.1. The van der Waals surface area contributed by atoms with Crippen LogP contribution in [0.2, 0.25) is 0 Å². The third-order valence-corrected chi connectivity index (χ3v) is 2.24. The van der Waals surface area contributed by atoms with Crippen LogP contribution in [0.5, 0.6) is 0 Å². The molecular formula is C10H19NO3. The van der Waals surface area contributed by atoms with Crippen molar-refractivity contribution in [1.29, 1.82) is 0 Å². The Hall–Kier alpha value is -0.900. The van der Waals surface area contributed by atoms with Gasteiger partial charge in [0.15, 0.2) is 0 Å². The van der Waals surface area contributed by atoms with Crippen LogP contribution >= 0.6 is 0 Å². The van der Waals surface area contributed by atoms with Gasteiger partial charge in [-0.2, -0.15) is 0 Å². The Bertz CT molecular complexity index is 165. The van der Waals surface area contributed by atoms with Crippen molar-refractivity contribution in [3.05, 3.63) is 0 Å². The molecule has 1 aliphatic rings. The van der Waals surface area contributed by atoms with E-state index in [4.69, 9.17) is 4.79 Å². The second kappa shape index (κ2) is 8.69. The molecule has 1 rings (SSSR count). The Labute approximate surface area is 84.8 Å². The SMILES string of the molecule is COC(=O)C1CCCCC1.NCC=O. The van der Waals surface area contributed by atoms with E-state index in [-0.39, 0.29) is 18.4 Å². The molecule has 0 bridgehead atoms. The van der Waals surface area contributed by atoms with Gasteiger partial charge in [0.1, 0.15) is 6.29 Å². The van der Waals surface area contributed by atoms with E-state index in [0.717, 1.165) is 12.8 Å². The molecule has 0 heterocycles. The van der Waals surface area contributed by atoms with Crippen LogP contribution < -0.4 is 5.73 Å². The monoisotopic (exact) mass is 201 g/mol. The normalized spacial score (nSPS) is 16.4. The summed E-state index contributed by atoms with van der Waals surface area (Å²) in [7, 11) is 1.47. The number of hydrogen-bond donors (Lipinski definition) is 1. The average molecular weight is 201 g/mol. The van der Waals surface area contributed by atoms with Gasteiger partial charge in [0.2, 0.25) is 0 Å². The summed E-state index contributed by atoms with van der Waals surface area (Å²) >= 11 is 0. The quantitative estimate of drug-likeness (QED) is 0.532. The molecule has 82 valence electrons. The molecule has 0 saturated heterocycles. The lowest BCUT2D eigenvalue weighted by Crippen LogP contribution is -2.18. The van der Waals surface area contributed by atoms with E-state index in [0.29, 0.717) is 6.29 Å². The summed E-state index contributed by atoms with van der Waals surface area (Å²) in [6.07, 6.45) is 6.40. The van der Waals surface area contributed by atoms with Crippen molar-refractivity contribution in [3.63, 3.8) is 0 Å². The van der Waals surface area contributed by atoms with Gasteiger partial charge in [-0.25, -0.2) is 0 Å². The van der Waals surface area contributed by atoms with Gasteiger partial charge in [-0.05, 0) is 12.8 Å². The van der Waals surface area contributed by atoms with E-state index in [1.807, 2.05) is 0 Å². The maximum absolute atomic E-state index is 10.9. The number of ether oxygens (including phenoxy) is 1. The second-order valence-corrected chi connectivity index (χ2v) is 3.26. The van der Waals surface area contributed by atoms with Crippen LogP contribution in [0.3, 0.4) is 0 Å². The molecule has 0 radical (unpaired) electrons. The molecule has 0 aromatic heterocycles. The predicted octanol–water partition coefficient (Wildman–Crippen LogP) is 0.884. The highest BCUT2D eigenvalue weighted by Gasteiger charge is 2.20. The van der Waals surface area contributed by atoms with Crippen LogP contribution in [0.25, 0.3) is 0 Å². The average Bonchev–Trinajstić information content (AvgIpc) is 2.29. The fraction of sp³-hybridized carbons (Fsp3) is 0.800. The molecule has 4 heteroatoms. The second-order valence-electron chi connectivity index (χ2n) is 3.26. The molecule has 0 aromatic carbocycles. The van der Waals surface area contributed by atoms with Crippen molar-refractivity contribution in [2.45, 2.75) is 32.1 Å². The number of nitrogens with two attached hydrogens (primary N) is 1. The molecule has 1 saturated carbocycles.